The van der Waals surface area contributed by atoms with Gasteiger partial charge in [-0.2, -0.15) is 0 Å². The highest BCUT2D eigenvalue weighted by Crippen LogP contribution is 2.27. The van der Waals surface area contributed by atoms with Gasteiger partial charge in [-0.3, -0.25) is 4.79 Å². The molecule has 0 spiro atoms. The molecule has 0 saturated carbocycles. The van der Waals surface area contributed by atoms with E-state index in [9.17, 15) is 4.79 Å². The second-order valence-electron chi connectivity index (χ2n) is 6.66. The Morgan fingerprint density at radius 1 is 1.00 bits per heavy atom. The maximum atomic E-state index is 12.9. The number of carbonyl (C=O) groups is 1. The summed E-state index contributed by atoms with van der Waals surface area (Å²) in [6, 6.07) is 18.1. The van der Waals surface area contributed by atoms with E-state index in [0.717, 1.165) is 11.1 Å². The van der Waals surface area contributed by atoms with E-state index >= 15 is 0 Å². The first-order chi connectivity index (χ1) is 14.5. The normalized spacial score (nSPS) is 10.4. The minimum absolute atomic E-state index is 0.241. The highest BCUT2D eigenvalue weighted by molar-refractivity contribution is 6.30. The van der Waals surface area contributed by atoms with E-state index in [2.05, 4.69) is 5.32 Å². The van der Waals surface area contributed by atoms with Gasteiger partial charge in [0.2, 0.25) is 0 Å². The average molecular weight is 426 g/mol. The van der Waals surface area contributed by atoms with Gasteiger partial charge in [0.1, 0.15) is 23.9 Å². The summed E-state index contributed by atoms with van der Waals surface area (Å²) in [6.45, 7) is 4.62. The van der Waals surface area contributed by atoms with Crippen LogP contribution in [0.3, 0.4) is 0 Å². The molecule has 0 aromatic heterocycles. The number of rotatable bonds is 8. The number of ether oxygens (including phenoxy) is 3. The molecule has 0 aliphatic heterocycles. The van der Waals surface area contributed by atoms with Gasteiger partial charge in [-0.25, -0.2) is 0 Å². The Balaban J connectivity index is 1.82. The van der Waals surface area contributed by atoms with Gasteiger partial charge in [0.15, 0.2) is 0 Å². The fourth-order valence-electron chi connectivity index (χ4n) is 2.96. The van der Waals surface area contributed by atoms with E-state index in [0.29, 0.717) is 40.1 Å². The van der Waals surface area contributed by atoms with E-state index in [1.165, 1.54) is 0 Å². The first-order valence-electron chi connectivity index (χ1n) is 9.60. The quantitative estimate of drug-likeness (QED) is 0.489. The van der Waals surface area contributed by atoms with Crippen molar-refractivity contribution in [2.75, 3.05) is 19.0 Å². The lowest BCUT2D eigenvalue weighted by molar-refractivity contribution is 0.102. The van der Waals surface area contributed by atoms with Crippen molar-refractivity contribution in [2.24, 2.45) is 0 Å². The molecule has 3 rings (SSSR count). The van der Waals surface area contributed by atoms with Crippen LogP contribution in [0.2, 0.25) is 5.02 Å². The fourth-order valence-corrected chi connectivity index (χ4v) is 3.14. The molecular weight excluding hydrogens is 402 g/mol. The van der Waals surface area contributed by atoms with Crippen LogP contribution in [0.1, 0.15) is 28.4 Å². The molecule has 3 aromatic rings. The molecule has 0 fully saturated rings. The maximum absolute atomic E-state index is 12.9. The van der Waals surface area contributed by atoms with Crippen LogP contribution in [0.15, 0.2) is 60.7 Å². The summed E-state index contributed by atoms with van der Waals surface area (Å²) in [6.07, 6.45) is 0. The maximum Gasteiger partial charge on any atom is 0.255 e. The molecule has 6 heteroatoms. The third-order valence-corrected chi connectivity index (χ3v) is 4.65. The number of methoxy groups -OCH3 is 1. The molecule has 1 amide bonds. The zero-order valence-electron chi connectivity index (χ0n) is 17.2. The fraction of sp³-hybridized carbons (Fsp3) is 0.208. The summed E-state index contributed by atoms with van der Waals surface area (Å²) in [5.74, 6) is 1.67. The largest absolute Gasteiger partial charge is 0.495 e. The standard InChI is InChI=1S/C24H24ClNO4/c1-4-29-22-11-9-17(13-18(22)15-30-20-7-5-6-19(25)14-20)24(27)26-21-12-16(2)8-10-23(21)28-3/h5-14H,4,15H2,1-3H3,(H,26,27). The summed E-state index contributed by atoms with van der Waals surface area (Å²) in [5, 5.41) is 3.51. The molecular formula is C24H24ClNO4. The Kier molecular flexibility index (Phi) is 7.20. The molecule has 156 valence electrons. The van der Waals surface area contributed by atoms with Crippen LogP contribution in [0, 0.1) is 6.92 Å². The van der Waals surface area contributed by atoms with Crippen LogP contribution in [0.4, 0.5) is 5.69 Å². The number of benzene rings is 3. The Hall–Kier alpha value is -3.18. The third kappa shape index (κ3) is 5.45. The zero-order valence-corrected chi connectivity index (χ0v) is 18.0. The lowest BCUT2D eigenvalue weighted by atomic mass is 10.1. The van der Waals surface area contributed by atoms with Crippen molar-refractivity contribution in [2.45, 2.75) is 20.5 Å². The lowest BCUT2D eigenvalue weighted by Crippen LogP contribution is -2.14. The summed E-state index contributed by atoms with van der Waals surface area (Å²) in [4.78, 5) is 12.9. The summed E-state index contributed by atoms with van der Waals surface area (Å²) < 4.78 is 16.9. The van der Waals surface area contributed by atoms with Gasteiger partial charge >= 0.3 is 0 Å². The summed E-state index contributed by atoms with van der Waals surface area (Å²) in [5.41, 5.74) is 2.90. The van der Waals surface area contributed by atoms with E-state index < -0.39 is 0 Å². The van der Waals surface area contributed by atoms with Crippen LogP contribution in [-0.2, 0) is 6.61 Å². The SMILES string of the molecule is CCOc1ccc(C(=O)Nc2cc(C)ccc2OC)cc1COc1cccc(Cl)c1. The number of halogens is 1. The number of amides is 1. The van der Waals surface area contributed by atoms with Crippen LogP contribution in [0.25, 0.3) is 0 Å². The van der Waals surface area contributed by atoms with Crippen molar-refractivity contribution in [1.82, 2.24) is 0 Å². The van der Waals surface area contributed by atoms with E-state index in [-0.39, 0.29) is 12.5 Å². The van der Waals surface area contributed by atoms with Gasteiger partial charge in [0, 0.05) is 16.1 Å². The molecule has 0 saturated heterocycles. The molecule has 0 heterocycles. The second kappa shape index (κ2) is 10.0. The van der Waals surface area contributed by atoms with Crippen molar-refractivity contribution in [1.29, 1.82) is 0 Å². The monoisotopic (exact) mass is 425 g/mol. The predicted molar refractivity (Wildman–Crippen MR) is 119 cm³/mol. The van der Waals surface area contributed by atoms with Crippen LogP contribution < -0.4 is 19.5 Å². The minimum atomic E-state index is -0.244. The first kappa shape index (κ1) is 21.5. The minimum Gasteiger partial charge on any atom is -0.495 e. The zero-order chi connectivity index (χ0) is 21.5. The van der Waals surface area contributed by atoms with Crippen molar-refractivity contribution < 1.29 is 19.0 Å². The number of anilines is 1. The Morgan fingerprint density at radius 2 is 1.80 bits per heavy atom. The number of hydrogen-bond donors (Lipinski definition) is 1. The number of aryl methyl sites for hydroxylation is 1. The van der Waals surface area contributed by atoms with Crippen molar-refractivity contribution in [3.05, 3.63) is 82.4 Å². The molecule has 0 unspecified atom stereocenters. The highest BCUT2D eigenvalue weighted by Gasteiger charge is 2.14. The van der Waals surface area contributed by atoms with Gasteiger partial charge in [-0.15, -0.1) is 0 Å². The Morgan fingerprint density at radius 3 is 2.53 bits per heavy atom. The third-order valence-electron chi connectivity index (χ3n) is 4.42. The number of hydrogen-bond acceptors (Lipinski definition) is 4. The summed E-state index contributed by atoms with van der Waals surface area (Å²) in [7, 11) is 1.57. The molecule has 0 aliphatic carbocycles. The number of nitrogens with one attached hydrogen (secondary N) is 1. The predicted octanol–water partition coefficient (Wildman–Crippen LogP) is 5.89. The van der Waals surface area contributed by atoms with Gasteiger partial charge in [-0.1, -0.05) is 23.7 Å². The highest BCUT2D eigenvalue weighted by atomic mass is 35.5. The molecule has 0 aliphatic rings. The smallest absolute Gasteiger partial charge is 0.255 e. The van der Waals surface area contributed by atoms with Crippen molar-refractivity contribution in [3.63, 3.8) is 0 Å². The lowest BCUT2D eigenvalue weighted by Gasteiger charge is -2.14. The number of carbonyl (C=O) groups excluding carboxylic acids is 1. The van der Waals surface area contributed by atoms with Gasteiger partial charge in [-0.05, 0) is 67.9 Å². The van der Waals surface area contributed by atoms with Crippen LogP contribution in [-0.4, -0.2) is 19.6 Å². The molecule has 1 N–H and O–H groups in total. The van der Waals surface area contributed by atoms with Gasteiger partial charge in [0.25, 0.3) is 5.91 Å². The second-order valence-corrected chi connectivity index (χ2v) is 7.10. The van der Waals surface area contributed by atoms with Gasteiger partial charge < -0.3 is 19.5 Å². The molecule has 0 radical (unpaired) electrons. The van der Waals surface area contributed by atoms with Crippen LogP contribution >= 0.6 is 11.6 Å². The molecule has 0 atom stereocenters. The molecule has 3 aromatic carbocycles. The van der Waals surface area contributed by atoms with E-state index in [1.54, 1.807) is 37.4 Å². The Bertz CT molecular complexity index is 1040. The van der Waals surface area contributed by atoms with Crippen molar-refractivity contribution in [3.8, 4) is 17.2 Å². The molecule has 0 bridgehead atoms. The Labute approximate surface area is 181 Å². The van der Waals surface area contributed by atoms with E-state index in [1.807, 2.05) is 44.2 Å². The molecule has 5 nitrogen and oxygen atoms in total. The average Bonchev–Trinajstić information content (AvgIpc) is 2.73. The summed E-state index contributed by atoms with van der Waals surface area (Å²) >= 11 is 6.02. The first-order valence-corrected chi connectivity index (χ1v) is 9.98. The van der Waals surface area contributed by atoms with Crippen LogP contribution in [0.5, 0.6) is 17.2 Å². The van der Waals surface area contributed by atoms with E-state index in [4.69, 9.17) is 25.8 Å². The topological polar surface area (TPSA) is 56.8 Å². The van der Waals surface area contributed by atoms with Gasteiger partial charge in [0.05, 0.1) is 19.4 Å². The van der Waals surface area contributed by atoms with Crippen molar-refractivity contribution >= 4 is 23.2 Å². The molecule has 30 heavy (non-hydrogen) atoms.